The molecule has 0 rings (SSSR count). The predicted molar refractivity (Wildman–Crippen MR) is 41.4 cm³/mol. The van der Waals surface area contributed by atoms with Crippen molar-refractivity contribution in [3.63, 3.8) is 0 Å². The molecule has 32 valence electrons. The zero-order valence-corrected chi connectivity index (χ0v) is 15.4. The van der Waals surface area contributed by atoms with Crippen molar-refractivity contribution in [3.8, 4) is 0 Å². The van der Waals surface area contributed by atoms with Gasteiger partial charge in [-0.05, 0) is 0 Å². The summed E-state index contributed by atoms with van der Waals surface area (Å²) >= 11 is 8.08. The summed E-state index contributed by atoms with van der Waals surface area (Å²) in [7, 11) is 0.524. The van der Waals surface area contributed by atoms with Crippen LogP contribution in [0.3, 0.4) is 0 Å². The molecule has 0 radical (unpaired) electrons. The van der Waals surface area contributed by atoms with Crippen molar-refractivity contribution >= 4 is 56.5 Å². The minimum atomic E-state index is -0.268. The van der Waals surface area contributed by atoms with Crippen LogP contribution in [0, 0.1) is 0 Å². The molecule has 0 aromatic rings. The predicted octanol–water partition coefficient (Wildman–Crippen LogP) is -3.24. The maximum absolute atomic E-state index is 5.79. The van der Waals surface area contributed by atoms with Gasteiger partial charge in [0.2, 0.25) is 0 Å². The summed E-state index contributed by atoms with van der Waals surface area (Å²) in [5.41, 5.74) is 0. The average molecular weight is 246 g/mol. The minimum absolute atomic E-state index is 0.268. The number of hydrogen-bond donors (Lipinski definition) is 0. The zero-order chi connectivity index (χ0) is 4.28. The van der Waals surface area contributed by atoms with Crippen molar-refractivity contribution in [1.82, 2.24) is 0 Å². The summed E-state index contributed by atoms with van der Waals surface area (Å²) in [6.45, 7) is 0. The van der Waals surface area contributed by atoms with Gasteiger partial charge in [-0.3, -0.25) is 0 Å². The second-order valence-corrected chi connectivity index (χ2v) is 52.6. The standard InChI is InChI=1S/ClGe2H9Si2/c1-5(3)4-2/h5H,4H2,2-3H3. The normalized spacial score (nSPS) is 18.6. The van der Waals surface area contributed by atoms with Crippen molar-refractivity contribution in [2.75, 3.05) is 0 Å². The first-order valence-corrected chi connectivity index (χ1v) is 25.7. The molecule has 0 aromatic carbocycles. The van der Waals surface area contributed by atoms with Crippen LogP contribution >= 0.6 is 11.1 Å². The van der Waals surface area contributed by atoms with E-state index in [1.807, 2.05) is 0 Å². The fourth-order valence-electron chi connectivity index (χ4n) is 0. The molecular weight excluding hydrogens is 237 g/mol. The first kappa shape index (κ1) is 6.81. The second-order valence-electron chi connectivity index (χ2n) is 1.19. The summed E-state index contributed by atoms with van der Waals surface area (Å²) in [5, 5.41) is 0. The number of halogens is 1. The van der Waals surface area contributed by atoms with E-state index >= 15 is 0 Å². The molecule has 1 unspecified atom stereocenters. The Morgan fingerprint density at radius 1 is 1.80 bits per heavy atom. The van der Waals surface area contributed by atoms with Gasteiger partial charge in [-0.15, -0.1) is 0 Å². The molecule has 0 N–H and O–H groups in total. The molecule has 0 aromatic heterocycles. The molecule has 0 aliphatic carbocycles. The van der Waals surface area contributed by atoms with Crippen LogP contribution in [0.1, 0.15) is 0 Å². The molecule has 0 fully saturated rings. The third kappa shape index (κ3) is 5.81. The number of hydrogen-bond acceptors (Lipinski definition) is 0. The van der Waals surface area contributed by atoms with Crippen LogP contribution < -0.4 is 0 Å². The molecule has 0 aliphatic heterocycles. The molecule has 0 saturated heterocycles. The van der Waals surface area contributed by atoms with Gasteiger partial charge in [0.1, 0.15) is 0 Å². The summed E-state index contributed by atoms with van der Waals surface area (Å²) in [6, 6.07) is 0. The SMILES string of the molecule is Cl[SiH]([GeH3])[SiH2][GeH3]. The molecule has 0 heterocycles. The molecule has 5 heteroatoms. The van der Waals surface area contributed by atoms with E-state index in [2.05, 4.69) is 0 Å². The first-order chi connectivity index (χ1) is 2.27. The summed E-state index contributed by atoms with van der Waals surface area (Å²) in [5.74, 6) is 0. The molecule has 0 saturated carbocycles. The molecule has 5 heavy (non-hydrogen) atoms. The van der Waals surface area contributed by atoms with Gasteiger partial charge in [-0.25, -0.2) is 0 Å². The quantitative estimate of drug-likeness (QED) is 0.337. The van der Waals surface area contributed by atoms with E-state index < -0.39 is 0 Å². The summed E-state index contributed by atoms with van der Waals surface area (Å²) in [6.07, 6.45) is -0.268. The Morgan fingerprint density at radius 2 is 2.00 bits per heavy atom. The van der Waals surface area contributed by atoms with Gasteiger partial charge >= 0.3 is 56.5 Å². The molecule has 0 nitrogen and oxygen atoms in total. The second kappa shape index (κ2) is 3.98. The Kier molecular flexibility index (Phi) is 5.42. The van der Waals surface area contributed by atoms with E-state index in [9.17, 15) is 0 Å². The van der Waals surface area contributed by atoms with E-state index in [4.69, 9.17) is 11.1 Å². The molecule has 0 aliphatic rings. The van der Waals surface area contributed by atoms with E-state index in [-0.39, 0.29) is 6.15 Å². The Bertz CT molecular complexity index is 21.6. The zero-order valence-electron chi connectivity index (χ0n) is 3.66. The molecule has 0 bridgehead atoms. The Balaban J connectivity index is 2.54. The Morgan fingerprint density at radius 3 is 2.00 bits per heavy atom. The van der Waals surface area contributed by atoms with Gasteiger partial charge in [0, 0.05) is 0 Å². The topological polar surface area (TPSA) is 0 Å². The summed E-state index contributed by atoms with van der Waals surface area (Å²) < 4.78 is 0. The van der Waals surface area contributed by atoms with Crippen LogP contribution in [0.25, 0.3) is 0 Å². The number of rotatable bonds is 1. The van der Waals surface area contributed by atoms with Crippen LogP contribution in [0.5, 0.6) is 0 Å². The van der Waals surface area contributed by atoms with Crippen LogP contribution in [0.2, 0.25) is 0 Å². The van der Waals surface area contributed by atoms with E-state index in [1.165, 1.54) is 15.9 Å². The van der Waals surface area contributed by atoms with Gasteiger partial charge in [0.15, 0.2) is 0 Å². The van der Waals surface area contributed by atoms with Gasteiger partial charge in [0.25, 0.3) is 0 Å². The van der Waals surface area contributed by atoms with Crippen molar-refractivity contribution in [1.29, 1.82) is 0 Å². The van der Waals surface area contributed by atoms with E-state index in [1.54, 1.807) is 0 Å². The summed E-state index contributed by atoms with van der Waals surface area (Å²) in [4.78, 5) is 0. The molecule has 0 amide bonds. The first-order valence-electron chi connectivity index (χ1n) is 1.91. The fraction of sp³-hybridized carbons (Fsp3) is 0. The molecule has 0 spiro atoms. The Hall–Kier alpha value is 1.81. The Labute approximate surface area is 56.2 Å². The third-order valence-corrected chi connectivity index (χ3v) is 121. The van der Waals surface area contributed by atoms with Crippen LogP contribution in [0.4, 0.5) is 0 Å². The van der Waals surface area contributed by atoms with Gasteiger partial charge in [-0.1, -0.05) is 0 Å². The van der Waals surface area contributed by atoms with E-state index in [0.717, 1.165) is 15.9 Å². The van der Waals surface area contributed by atoms with Crippen LogP contribution in [-0.4, -0.2) is 45.4 Å². The average Bonchev–Trinajstić information content (AvgIpc) is 1.38. The van der Waals surface area contributed by atoms with Crippen molar-refractivity contribution in [2.24, 2.45) is 0 Å². The van der Waals surface area contributed by atoms with Gasteiger partial charge < -0.3 is 0 Å². The van der Waals surface area contributed by atoms with Crippen molar-refractivity contribution < 1.29 is 0 Å². The molecule has 1 atom stereocenters. The van der Waals surface area contributed by atoms with Gasteiger partial charge in [-0.2, -0.15) is 0 Å². The van der Waals surface area contributed by atoms with Crippen molar-refractivity contribution in [3.05, 3.63) is 0 Å². The molecular formula is H9ClGe2Si2. The third-order valence-electron chi connectivity index (χ3n) is 0.563. The van der Waals surface area contributed by atoms with E-state index in [0.29, 0.717) is 7.56 Å². The van der Waals surface area contributed by atoms with Gasteiger partial charge in [0.05, 0.1) is 0 Å². The monoisotopic (exact) mass is 248 g/mol. The maximum atomic E-state index is 5.79. The van der Waals surface area contributed by atoms with Crippen LogP contribution in [0.15, 0.2) is 0 Å². The van der Waals surface area contributed by atoms with Crippen LogP contribution in [-0.2, 0) is 0 Å². The van der Waals surface area contributed by atoms with Crippen molar-refractivity contribution in [2.45, 2.75) is 0 Å². The fourth-order valence-corrected chi connectivity index (χ4v) is 0.